The largest absolute Gasteiger partial charge is 0.346 e. The average Bonchev–Trinajstić information content (AvgIpc) is 3.15. The predicted octanol–water partition coefficient (Wildman–Crippen LogP) is 4.99. The summed E-state index contributed by atoms with van der Waals surface area (Å²) in [5.74, 6) is -0.825. The second-order valence-electron chi connectivity index (χ2n) is 8.84. The van der Waals surface area contributed by atoms with E-state index in [2.05, 4.69) is 0 Å². The highest BCUT2D eigenvalue weighted by Gasteiger charge is 2.50. The zero-order valence-electron chi connectivity index (χ0n) is 18.8. The molecule has 1 aromatic heterocycles. The summed E-state index contributed by atoms with van der Waals surface area (Å²) in [6, 6.07) is 25.0. The first-order valence-corrected chi connectivity index (χ1v) is 10.9. The van der Waals surface area contributed by atoms with Crippen LogP contribution in [0.4, 0.5) is 0 Å². The van der Waals surface area contributed by atoms with Gasteiger partial charge in [-0.25, -0.2) is 0 Å². The Morgan fingerprint density at radius 3 is 2.12 bits per heavy atom. The highest BCUT2D eigenvalue weighted by atomic mass is 16.2. The van der Waals surface area contributed by atoms with E-state index >= 15 is 0 Å². The molecule has 0 saturated carbocycles. The second kappa shape index (κ2) is 7.55. The third kappa shape index (κ3) is 3.11. The summed E-state index contributed by atoms with van der Waals surface area (Å²) >= 11 is 0. The Morgan fingerprint density at radius 2 is 1.42 bits per heavy atom. The number of aryl methyl sites for hydroxylation is 1. The molecule has 0 N–H and O–H groups in total. The number of carbonyl (C=O) groups excluding carboxylic acids is 3. The van der Waals surface area contributed by atoms with Gasteiger partial charge in [-0.05, 0) is 24.1 Å². The summed E-state index contributed by atoms with van der Waals surface area (Å²) in [5, 5.41) is 0.797. The Labute approximate surface area is 192 Å². The molecule has 0 aliphatic carbocycles. The van der Waals surface area contributed by atoms with E-state index in [4.69, 9.17) is 0 Å². The SMILES string of the molecule is CN1C(=O)c2c(n(C)c3ccccc23)C(C)(CC(=O)c2ccc(-c3ccccc3)cc2)C1=O. The molecule has 164 valence electrons. The van der Waals surface area contributed by atoms with Crippen molar-refractivity contribution in [3.63, 3.8) is 0 Å². The van der Waals surface area contributed by atoms with Crippen LogP contribution in [-0.4, -0.2) is 34.1 Å². The van der Waals surface area contributed by atoms with Crippen LogP contribution in [0.3, 0.4) is 0 Å². The van der Waals surface area contributed by atoms with Crippen LogP contribution in [0.1, 0.15) is 39.8 Å². The maximum Gasteiger partial charge on any atom is 0.262 e. The molecule has 0 spiro atoms. The standard InChI is InChI=1S/C28H24N2O3/c1-28(17-23(31)20-15-13-19(14-16-20)18-9-5-4-6-10-18)25-24(26(32)30(3)27(28)33)21-11-7-8-12-22(21)29(25)2/h4-16H,17H2,1-3H3. The number of nitrogens with zero attached hydrogens (tertiary/aromatic N) is 2. The number of Topliss-reactive ketones (excluding diaryl/α,β-unsaturated/α-hetero) is 1. The van der Waals surface area contributed by atoms with E-state index < -0.39 is 5.41 Å². The molecule has 1 aliphatic rings. The van der Waals surface area contributed by atoms with Crippen molar-refractivity contribution in [2.45, 2.75) is 18.8 Å². The van der Waals surface area contributed by atoms with Crippen LogP contribution < -0.4 is 0 Å². The minimum absolute atomic E-state index is 0.0225. The fourth-order valence-electron chi connectivity index (χ4n) is 5.05. The first-order valence-electron chi connectivity index (χ1n) is 10.9. The molecule has 5 rings (SSSR count). The number of ketones is 1. The number of likely N-dealkylation sites (N-methyl/N-ethyl adjacent to an activating group) is 1. The number of amides is 2. The van der Waals surface area contributed by atoms with Crippen LogP contribution in [0, 0.1) is 0 Å². The average molecular weight is 437 g/mol. The van der Waals surface area contributed by atoms with Crippen LogP contribution in [0.2, 0.25) is 0 Å². The first-order chi connectivity index (χ1) is 15.8. The van der Waals surface area contributed by atoms with Gasteiger partial charge in [0.05, 0.1) is 11.0 Å². The molecule has 0 bridgehead atoms. The second-order valence-corrected chi connectivity index (χ2v) is 8.84. The number of benzene rings is 3. The van der Waals surface area contributed by atoms with Gasteiger partial charge in [0, 0.05) is 42.7 Å². The predicted molar refractivity (Wildman–Crippen MR) is 128 cm³/mol. The summed E-state index contributed by atoms with van der Waals surface area (Å²) < 4.78 is 1.89. The van der Waals surface area contributed by atoms with E-state index in [0.29, 0.717) is 16.8 Å². The monoisotopic (exact) mass is 436 g/mol. The smallest absolute Gasteiger partial charge is 0.262 e. The molecule has 1 atom stereocenters. The van der Waals surface area contributed by atoms with Crippen LogP contribution in [-0.2, 0) is 17.3 Å². The van der Waals surface area contributed by atoms with Crippen molar-refractivity contribution in [1.82, 2.24) is 9.47 Å². The van der Waals surface area contributed by atoms with Gasteiger partial charge >= 0.3 is 0 Å². The molecule has 3 aromatic carbocycles. The number of hydrogen-bond donors (Lipinski definition) is 0. The van der Waals surface area contributed by atoms with Crippen molar-refractivity contribution in [3.05, 3.63) is 95.7 Å². The minimum atomic E-state index is -1.15. The maximum absolute atomic E-state index is 13.4. The molecule has 33 heavy (non-hydrogen) atoms. The summed E-state index contributed by atoms with van der Waals surface area (Å²) in [4.78, 5) is 41.0. The number of hydrogen-bond acceptors (Lipinski definition) is 3. The van der Waals surface area contributed by atoms with Crippen LogP contribution in [0.25, 0.3) is 22.0 Å². The van der Waals surface area contributed by atoms with E-state index in [1.165, 1.54) is 7.05 Å². The van der Waals surface area contributed by atoms with Gasteiger partial charge in [0.1, 0.15) is 0 Å². The lowest BCUT2D eigenvalue weighted by atomic mass is 9.75. The zero-order valence-corrected chi connectivity index (χ0v) is 18.8. The number of carbonyl (C=O) groups is 3. The van der Waals surface area contributed by atoms with Crippen LogP contribution in [0.5, 0.6) is 0 Å². The molecule has 5 heteroatoms. The van der Waals surface area contributed by atoms with E-state index in [1.807, 2.05) is 78.3 Å². The molecule has 2 amide bonds. The number of para-hydroxylation sites is 1. The molecular weight excluding hydrogens is 412 g/mol. The number of aromatic nitrogens is 1. The molecule has 1 unspecified atom stereocenters. The Bertz CT molecular complexity index is 1420. The molecule has 0 radical (unpaired) electrons. The Morgan fingerprint density at radius 1 is 0.818 bits per heavy atom. The quantitative estimate of drug-likeness (QED) is 0.335. The topological polar surface area (TPSA) is 59.4 Å². The maximum atomic E-state index is 13.4. The third-order valence-electron chi connectivity index (χ3n) is 6.75. The van der Waals surface area contributed by atoms with E-state index in [1.54, 1.807) is 19.1 Å². The molecule has 4 aromatic rings. The summed E-state index contributed by atoms with van der Waals surface area (Å²) in [7, 11) is 3.34. The van der Waals surface area contributed by atoms with Crippen molar-refractivity contribution in [3.8, 4) is 11.1 Å². The van der Waals surface area contributed by atoms with Gasteiger partial charge in [-0.15, -0.1) is 0 Å². The van der Waals surface area contributed by atoms with Crippen molar-refractivity contribution >= 4 is 28.5 Å². The molecule has 0 saturated heterocycles. The summed E-state index contributed by atoms with van der Waals surface area (Å²) in [6.45, 7) is 1.77. The van der Waals surface area contributed by atoms with Gasteiger partial charge in [-0.1, -0.05) is 72.8 Å². The van der Waals surface area contributed by atoms with Crippen molar-refractivity contribution < 1.29 is 14.4 Å². The first kappa shape index (κ1) is 20.9. The highest BCUT2D eigenvalue weighted by molar-refractivity contribution is 6.20. The summed E-state index contributed by atoms with van der Waals surface area (Å²) in [6.07, 6.45) is -0.0225. The van der Waals surface area contributed by atoms with Gasteiger partial charge < -0.3 is 4.57 Å². The molecule has 1 aliphatic heterocycles. The lowest BCUT2D eigenvalue weighted by molar-refractivity contribution is -0.133. The van der Waals surface area contributed by atoms with Gasteiger partial charge in [-0.3, -0.25) is 19.3 Å². The van der Waals surface area contributed by atoms with E-state index in [0.717, 1.165) is 26.9 Å². The lowest BCUT2D eigenvalue weighted by Gasteiger charge is -2.37. The zero-order chi connectivity index (χ0) is 23.3. The van der Waals surface area contributed by atoms with Crippen molar-refractivity contribution in [2.24, 2.45) is 7.05 Å². The van der Waals surface area contributed by atoms with E-state index in [9.17, 15) is 14.4 Å². The van der Waals surface area contributed by atoms with Crippen molar-refractivity contribution in [1.29, 1.82) is 0 Å². The number of imide groups is 1. The normalized spacial score (nSPS) is 18.0. The van der Waals surface area contributed by atoms with Gasteiger partial charge in [-0.2, -0.15) is 0 Å². The van der Waals surface area contributed by atoms with Gasteiger partial charge in [0.25, 0.3) is 5.91 Å². The fraction of sp³-hybridized carbons (Fsp3) is 0.179. The number of rotatable bonds is 4. The van der Waals surface area contributed by atoms with E-state index in [-0.39, 0.29) is 24.0 Å². The fourth-order valence-corrected chi connectivity index (χ4v) is 5.05. The minimum Gasteiger partial charge on any atom is -0.346 e. The molecule has 5 nitrogen and oxygen atoms in total. The molecule has 0 fully saturated rings. The van der Waals surface area contributed by atoms with Crippen LogP contribution >= 0.6 is 0 Å². The highest BCUT2D eigenvalue weighted by Crippen LogP contribution is 2.42. The van der Waals surface area contributed by atoms with Gasteiger partial charge in [0.15, 0.2) is 5.78 Å². The van der Waals surface area contributed by atoms with Gasteiger partial charge in [0.2, 0.25) is 5.91 Å². The lowest BCUT2D eigenvalue weighted by Crippen LogP contribution is -2.52. The number of fused-ring (bicyclic) bond motifs is 3. The third-order valence-corrected chi connectivity index (χ3v) is 6.75. The summed E-state index contributed by atoms with van der Waals surface area (Å²) in [5.41, 5.74) is 3.46. The Kier molecular flexibility index (Phi) is 4.78. The molecule has 2 heterocycles. The van der Waals surface area contributed by atoms with Crippen molar-refractivity contribution in [2.75, 3.05) is 7.05 Å². The molecular formula is C28H24N2O3. The Hall–Kier alpha value is -3.99. The van der Waals surface area contributed by atoms with Crippen LogP contribution in [0.15, 0.2) is 78.9 Å². The Balaban J connectivity index is 1.55.